The number of aliphatic carboxylic acids is 1. The highest BCUT2D eigenvalue weighted by molar-refractivity contribution is 6.01. The van der Waals surface area contributed by atoms with Gasteiger partial charge < -0.3 is 15.7 Å². The third kappa shape index (κ3) is 5.65. The van der Waals surface area contributed by atoms with Gasteiger partial charge in [-0.3, -0.25) is 4.90 Å². The average molecular weight is 564 g/mol. The van der Waals surface area contributed by atoms with E-state index in [-0.39, 0.29) is 22.9 Å². The van der Waals surface area contributed by atoms with E-state index in [0.29, 0.717) is 24.9 Å². The zero-order valence-electron chi connectivity index (χ0n) is 22.6. The van der Waals surface area contributed by atoms with Crippen molar-refractivity contribution >= 4 is 18.0 Å². The van der Waals surface area contributed by atoms with E-state index in [4.69, 9.17) is 0 Å². The summed E-state index contributed by atoms with van der Waals surface area (Å²) in [5.41, 5.74) is 1.49. The number of imide groups is 1. The number of urea groups is 2. The van der Waals surface area contributed by atoms with Crippen LogP contribution in [-0.2, 0) is 4.79 Å². The van der Waals surface area contributed by atoms with Crippen molar-refractivity contribution in [2.75, 3.05) is 13.1 Å². The fraction of sp³-hybridized carbons (Fsp3) is 0.400. The molecule has 0 radical (unpaired) electrons. The molecule has 41 heavy (non-hydrogen) atoms. The molecule has 2 atom stereocenters. The molecule has 1 saturated carbocycles. The first-order valence-corrected chi connectivity index (χ1v) is 13.7. The lowest BCUT2D eigenvalue weighted by Gasteiger charge is -2.37. The first kappa shape index (κ1) is 28.2. The number of hydrogen-bond acceptors (Lipinski definition) is 5. The Morgan fingerprint density at radius 1 is 1.07 bits per heavy atom. The molecule has 2 aliphatic heterocycles. The van der Waals surface area contributed by atoms with Crippen LogP contribution < -0.4 is 10.6 Å². The molecule has 1 aliphatic carbocycles. The lowest BCUT2D eigenvalue weighted by Crippen LogP contribution is -2.56. The first-order chi connectivity index (χ1) is 19.7. The molecule has 9 nitrogen and oxygen atoms in total. The van der Waals surface area contributed by atoms with E-state index in [1.165, 1.54) is 13.0 Å². The van der Waals surface area contributed by atoms with Gasteiger partial charge >= 0.3 is 18.0 Å². The molecule has 0 bridgehead atoms. The summed E-state index contributed by atoms with van der Waals surface area (Å²) in [6.07, 6.45) is 4.50. The Hall–Kier alpha value is -4.30. The highest BCUT2D eigenvalue weighted by Gasteiger charge is 2.43. The molecule has 3 N–H and O–H groups in total. The molecule has 2 aromatic carbocycles. The Bertz CT molecular complexity index is 1450. The summed E-state index contributed by atoms with van der Waals surface area (Å²) >= 11 is 0. The number of carbonyl (C=O) groups is 3. The van der Waals surface area contributed by atoms with Crippen molar-refractivity contribution in [3.63, 3.8) is 0 Å². The molecule has 5 rings (SSSR count). The van der Waals surface area contributed by atoms with Crippen molar-refractivity contribution in [1.82, 2.24) is 20.4 Å². The van der Waals surface area contributed by atoms with Crippen LogP contribution in [0.15, 0.2) is 53.7 Å². The molecule has 0 spiro atoms. The normalized spacial score (nSPS) is 25.0. The molecular weight excluding hydrogens is 532 g/mol. The minimum atomic E-state index is -1.44. The summed E-state index contributed by atoms with van der Waals surface area (Å²) in [6.45, 7) is 2.71. The number of carbonyl (C=O) groups excluding carboxylic acids is 2. The summed E-state index contributed by atoms with van der Waals surface area (Å²) in [5, 5.41) is 24.6. The van der Waals surface area contributed by atoms with Crippen LogP contribution in [0.2, 0.25) is 0 Å². The fourth-order valence-corrected chi connectivity index (χ4v) is 6.41. The second-order valence-electron chi connectivity index (χ2n) is 10.9. The second kappa shape index (κ2) is 11.7. The van der Waals surface area contributed by atoms with Gasteiger partial charge in [0.05, 0.1) is 17.2 Å². The minimum Gasteiger partial charge on any atom is -0.478 e. The number of carboxylic acid groups (broad SMARTS) is 1. The van der Waals surface area contributed by atoms with Gasteiger partial charge in [0.25, 0.3) is 0 Å². The van der Waals surface area contributed by atoms with Gasteiger partial charge in [0, 0.05) is 30.9 Å². The summed E-state index contributed by atoms with van der Waals surface area (Å²) in [6, 6.07) is 9.76. The van der Waals surface area contributed by atoms with Crippen molar-refractivity contribution in [2.24, 2.45) is 0 Å². The molecule has 1 saturated heterocycles. The van der Waals surface area contributed by atoms with Crippen molar-refractivity contribution in [3.8, 4) is 6.07 Å². The van der Waals surface area contributed by atoms with Crippen LogP contribution in [0.3, 0.4) is 0 Å². The molecule has 11 heteroatoms. The number of likely N-dealkylation sites (tertiary alicyclic amines) is 1. The van der Waals surface area contributed by atoms with Gasteiger partial charge in [0.2, 0.25) is 0 Å². The molecule has 4 amide bonds. The maximum absolute atomic E-state index is 14.1. The third-order valence-corrected chi connectivity index (χ3v) is 8.44. The van der Waals surface area contributed by atoms with Gasteiger partial charge in [0.15, 0.2) is 11.6 Å². The maximum atomic E-state index is 14.1. The van der Waals surface area contributed by atoms with Gasteiger partial charge in [-0.25, -0.2) is 28.1 Å². The Morgan fingerprint density at radius 3 is 2.49 bits per heavy atom. The minimum absolute atomic E-state index is 0.0151. The molecule has 2 aromatic rings. The van der Waals surface area contributed by atoms with E-state index in [2.05, 4.69) is 21.6 Å². The molecule has 2 heterocycles. The van der Waals surface area contributed by atoms with Gasteiger partial charge in [0.1, 0.15) is 6.04 Å². The topological polar surface area (TPSA) is 126 Å². The number of halogens is 2. The lowest BCUT2D eigenvalue weighted by atomic mass is 9.80. The van der Waals surface area contributed by atoms with Crippen molar-refractivity contribution in [3.05, 3.63) is 82.1 Å². The number of allylic oxidation sites excluding steroid dienone is 1. The quantitative estimate of drug-likeness (QED) is 0.481. The van der Waals surface area contributed by atoms with Crippen LogP contribution in [0.25, 0.3) is 0 Å². The Balaban J connectivity index is 1.26. The maximum Gasteiger partial charge on any atom is 0.335 e. The SMILES string of the molecule is CC1=C(C(=O)O)[C@H](c2ccc(F)c(F)c2)N(C(=O)N[C@@H]2CCN(C3CCC(c4ccccc4C#N)CC3)C2)C(=O)N1. The average Bonchev–Trinajstić information content (AvgIpc) is 3.42. The lowest BCUT2D eigenvalue weighted by molar-refractivity contribution is -0.133. The van der Waals surface area contributed by atoms with E-state index < -0.39 is 35.7 Å². The number of benzene rings is 2. The van der Waals surface area contributed by atoms with Crippen molar-refractivity contribution < 1.29 is 28.3 Å². The highest BCUT2D eigenvalue weighted by atomic mass is 19.2. The number of nitrogens with one attached hydrogen (secondary N) is 2. The van der Waals surface area contributed by atoms with Crippen LogP contribution in [0.4, 0.5) is 18.4 Å². The van der Waals surface area contributed by atoms with Crippen molar-refractivity contribution in [2.45, 2.75) is 63.1 Å². The molecule has 0 unspecified atom stereocenters. The van der Waals surface area contributed by atoms with Gasteiger partial charge in [-0.05, 0) is 74.3 Å². The summed E-state index contributed by atoms with van der Waals surface area (Å²) in [5.74, 6) is -3.40. The number of nitriles is 1. The zero-order valence-corrected chi connectivity index (χ0v) is 22.6. The van der Waals surface area contributed by atoms with Crippen LogP contribution in [0, 0.1) is 23.0 Å². The van der Waals surface area contributed by atoms with E-state index in [1.54, 1.807) is 0 Å². The number of nitrogens with zero attached hydrogens (tertiary/aromatic N) is 3. The predicted molar refractivity (Wildman–Crippen MR) is 144 cm³/mol. The van der Waals surface area contributed by atoms with Crippen LogP contribution >= 0.6 is 0 Å². The van der Waals surface area contributed by atoms with Crippen LogP contribution in [-0.4, -0.2) is 58.1 Å². The molecule has 3 aliphatic rings. The molecule has 0 aromatic heterocycles. The van der Waals surface area contributed by atoms with Crippen LogP contribution in [0.1, 0.15) is 67.7 Å². The largest absolute Gasteiger partial charge is 0.478 e. The van der Waals surface area contributed by atoms with E-state index in [0.717, 1.165) is 60.4 Å². The molecule has 214 valence electrons. The number of hydrogen-bond donors (Lipinski definition) is 3. The Kier molecular flexibility index (Phi) is 8.03. The number of carboxylic acids is 1. The Labute approximate surface area is 236 Å². The predicted octanol–water partition coefficient (Wildman–Crippen LogP) is 4.77. The monoisotopic (exact) mass is 563 g/mol. The number of rotatable bonds is 5. The van der Waals surface area contributed by atoms with Gasteiger partial charge in [-0.1, -0.05) is 24.3 Å². The molecular formula is C30H31F2N5O4. The standard InChI is InChI=1S/C30H31F2N5O4/c1-17-26(28(38)39)27(19-8-11-24(31)25(32)14-19)37(29(40)34-17)30(41)35-21-12-13-36(16-21)22-9-6-18(7-10-22)23-5-3-2-4-20(23)15-33/h2-5,8,11,14,18,21-22,27H,6-7,9-10,12-13,16H2,1H3,(H,34,40)(H,35,41)(H,38,39)/t18?,21-,22?,27+/m1/s1. The highest BCUT2D eigenvalue weighted by Crippen LogP contribution is 2.38. The van der Waals surface area contributed by atoms with Crippen LogP contribution in [0.5, 0.6) is 0 Å². The van der Waals surface area contributed by atoms with E-state index >= 15 is 0 Å². The second-order valence-corrected chi connectivity index (χ2v) is 10.9. The first-order valence-electron chi connectivity index (χ1n) is 13.7. The van der Waals surface area contributed by atoms with Gasteiger partial charge in [-0.15, -0.1) is 0 Å². The van der Waals surface area contributed by atoms with E-state index in [9.17, 15) is 33.5 Å². The third-order valence-electron chi connectivity index (χ3n) is 8.44. The zero-order chi connectivity index (χ0) is 29.3. The summed E-state index contributed by atoms with van der Waals surface area (Å²) < 4.78 is 27.8. The van der Waals surface area contributed by atoms with Gasteiger partial charge in [-0.2, -0.15) is 5.26 Å². The van der Waals surface area contributed by atoms with Crippen molar-refractivity contribution in [1.29, 1.82) is 5.26 Å². The Morgan fingerprint density at radius 2 is 1.80 bits per heavy atom. The fourth-order valence-electron chi connectivity index (χ4n) is 6.41. The summed E-state index contributed by atoms with van der Waals surface area (Å²) in [7, 11) is 0. The van der Waals surface area contributed by atoms with E-state index in [1.807, 2.05) is 24.3 Å². The summed E-state index contributed by atoms with van der Waals surface area (Å²) in [4.78, 5) is 41.6. The number of amides is 4. The molecule has 2 fully saturated rings. The smallest absolute Gasteiger partial charge is 0.335 e.